The molecule has 0 aromatic heterocycles. The minimum Gasteiger partial charge on any atom is -0.481 e. The maximum absolute atomic E-state index is 12.0. The van der Waals surface area contributed by atoms with Crippen molar-refractivity contribution in [3.8, 4) is 0 Å². The molecule has 0 saturated heterocycles. The van der Waals surface area contributed by atoms with Crippen LogP contribution in [0.1, 0.15) is 53.4 Å². The Hall–Kier alpha value is -1.32. The zero-order valence-electron chi connectivity index (χ0n) is 12.8. The van der Waals surface area contributed by atoms with E-state index in [4.69, 9.17) is 0 Å². The van der Waals surface area contributed by atoms with E-state index in [1.807, 2.05) is 20.8 Å². The van der Waals surface area contributed by atoms with Crippen molar-refractivity contribution in [1.29, 1.82) is 0 Å². The Labute approximate surface area is 120 Å². The molecule has 0 aliphatic heterocycles. The summed E-state index contributed by atoms with van der Waals surface area (Å²) in [6.45, 7) is 7.46. The van der Waals surface area contributed by atoms with Crippen molar-refractivity contribution in [3.63, 3.8) is 0 Å². The van der Waals surface area contributed by atoms with Gasteiger partial charge in [0, 0.05) is 0 Å². The van der Waals surface area contributed by atoms with Crippen LogP contribution in [0.3, 0.4) is 0 Å². The number of hydrogen-bond acceptors (Lipinski definition) is 2. The Morgan fingerprint density at radius 1 is 1.30 bits per heavy atom. The molecule has 1 aliphatic carbocycles. The van der Waals surface area contributed by atoms with Crippen molar-refractivity contribution in [1.82, 2.24) is 0 Å². The third-order valence-electron chi connectivity index (χ3n) is 5.00. The average molecular weight is 282 g/mol. The molecule has 4 nitrogen and oxygen atoms in total. The molecule has 0 amide bonds. The second-order valence-electron chi connectivity index (χ2n) is 6.39. The van der Waals surface area contributed by atoms with E-state index in [0.29, 0.717) is 12.8 Å². The molecule has 114 valence electrons. The largest absolute Gasteiger partial charge is 0.481 e. The van der Waals surface area contributed by atoms with Gasteiger partial charge in [0.25, 0.3) is 0 Å². The number of carbonyl (C=O) groups is 2. The highest BCUT2D eigenvalue weighted by atomic mass is 16.4. The van der Waals surface area contributed by atoms with Crippen LogP contribution in [0.4, 0.5) is 0 Å². The van der Waals surface area contributed by atoms with Crippen LogP contribution in [0.5, 0.6) is 0 Å². The Balaban J connectivity index is 3.39. The Kier molecular flexibility index (Phi) is 5.00. The van der Waals surface area contributed by atoms with Crippen LogP contribution in [-0.2, 0) is 9.59 Å². The number of aliphatic carboxylic acids is 2. The topological polar surface area (TPSA) is 74.6 Å². The van der Waals surface area contributed by atoms with Gasteiger partial charge < -0.3 is 10.2 Å². The van der Waals surface area contributed by atoms with Gasteiger partial charge in [-0.05, 0) is 31.6 Å². The molecule has 3 unspecified atom stereocenters. The third-order valence-corrected chi connectivity index (χ3v) is 5.00. The van der Waals surface area contributed by atoms with Gasteiger partial charge in [0.15, 0.2) is 0 Å². The molecule has 0 bridgehead atoms. The van der Waals surface area contributed by atoms with E-state index in [2.05, 4.69) is 0 Å². The number of unbranched alkanes of at least 4 members (excludes halogenated alkanes) is 1. The highest BCUT2D eigenvalue weighted by molar-refractivity contribution is 5.82. The first kappa shape index (κ1) is 16.7. The first-order chi connectivity index (χ1) is 9.23. The summed E-state index contributed by atoms with van der Waals surface area (Å²) in [5.74, 6) is -2.29. The lowest BCUT2D eigenvalue weighted by atomic mass is 9.52. The number of carboxylic acid groups (broad SMARTS) is 2. The molecule has 1 rings (SSSR count). The van der Waals surface area contributed by atoms with Crippen LogP contribution in [-0.4, -0.2) is 22.2 Å². The molecule has 0 saturated carbocycles. The van der Waals surface area contributed by atoms with Gasteiger partial charge in [-0.3, -0.25) is 9.59 Å². The van der Waals surface area contributed by atoms with Crippen LogP contribution in [0.2, 0.25) is 0 Å². The average Bonchev–Trinajstić information content (AvgIpc) is 2.36. The highest BCUT2D eigenvalue weighted by Gasteiger charge is 2.57. The maximum atomic E-state index is 12.0. The summed E-state index contributed by atoms with van der Waals surface area (Å²) in [6, 6.07) is 0. The zero-order chi connectivity index (χ0) is 15.6. The molecule has 0 aromatic rings. The number of allylic oxidation sites excluding steroid dienone is 1. The normalized spacial score (nSPS) is 33.4. The fourth-order valence-electron chi connectivity index (χ4n) is 3.60. The number of rotatable bonds is 6. The predicted octanol–water partition coefficient (Wildman–Crippen LogP) is 3.57. The van der Waals surface area contributed by atoms with Crippen LogP contribution in [0.15, 0.2) is 12.2 Å². The highest BCUT2D eigenvalue weighted by Crippen LogP contribution is 2.54. The van der Waals surface area contributed by atoms with E-state index >= 15 is 0 Å². The molecule has 0 aromatic carbocycles. The minimum absolute atomic E-state index is 0.106. The summed E-state index contributed by atoms with van der Waals surface area (Å²) in [5.41, 5.74) is -2.09. The molecule has 1 aliphatic rings. The van der Waals surface area contributed by atoms with Gasteiger partial charge in [-0.2, -0.15) is 0 Å². The first-order valence-electron chi connectivity index (χ1n) is 7.38. The van der Waals surface area contributed by atoms with Crippen LogP contribution < -0.4 is 0 Å². The molecule has 0 radical (unpaired) electrons. The van der Waals surface area contributed by atoms with Crippen LogP contribution >= 0.6 is 0 Å². The fourth-order valence-corrected chi connectivity index (χ4v) is 3.60. The summed E-state index contributed by atoms with van der Waals surface area (Å²) in [5, 5.41) is 19.4. The Morgan fingerprint density at radius 3 is 2.30 bits per heavy atom. The molecular weight excluding hydrogens is 256 g/mol. The van der Waals surface area contributed by atoms with Crippen molar-refractivity contribution in [3.05, 3.63) is 12.2 Å². The van der Waals surface area contributed by atoms with Crippen LogP contribution in [0, 0.1) is 22.7 Å². The number of carboxylic acids is 2. The molecule has 0 fully saturated rings. The quantitative estimate of drug-likeness (QED) is 0.730. The smallest absolute Gasteiger partial charge is 0.313 e. The van der Waals surface area contributed by atoms with Gasteiger partial charge in [0.1, 0.15) is 0 Å². The number of hydrogen-bond donors (Lipinski definition) is 2. The summed E-state index contributed by atoms with van der Waals surface area (Å²) in [6.07, 6.45) is 6.27. The van der Waals surface area contributed by atoms with Gasteiger partial charge in [-0.1, -0.05) is 45.8 Å². The Bertz CT molecular complexity index is 413. The van der Waals surface area contributed by atoms with Crippen molar-refractivity contribution < 1.29 is 19.8 Å². The monoisotopic (exact) mass is 282 g/mol. The van der Waals surface area contributed by atoms with Crippen LogP contribution in [0.25, 0.3) is 0 Å². The second kappa shape index (κ2) is 5.98. The maximum Gasteiger partial charge on any atom is 0.313 e. The molecule has 0 spiro atoms. The van der Waals surface area contributed by atoms with E-state index in [-0.39, 0.29) is 11.8 Å². The zero-order valence-corrected chi connectivity index (χ0v) is 12.8. The summed E-state index contributed by atoms with van der Waals surface area (Å²) in [7, 11) is 0. The summed E-state index contributed by atoms with van der Waals surface area (Å²) in [4.78, 5) is 23.7. The molecule has 20 heavy (non-hydrogen) atoms. The molecule has 2 N–H and O–H groups in total. The summed E-state index contributed by atoms with van der Waals surface area (Å²) >= 11 is 0. The third kappa shape index (κ3) is 2.48. The second-order valence-corrected chi connectivity index (χ2v) is 6.39. The first-order valence-corrected chi connectivity index (χ1v) is 7.38. The minimum atomic E-state index is -1.10. The van der Waals surface area contributed by atoms with Gasteiger partial charge in [-0.25, -0.2) is 0 Å². The van der Waals surface area contributed by atoms with Crippen molar-refractivity contribution in [2.24, 2.45) is 22.7 Å². The van der Waals surface area contributed by atoms with Crippen molar-refractivity contribution >= 4 is 11.9 Å². The SMILES string of the molecule is CCCCC1C(C)(C(=O)O)C=CCC1(C(=O)O)C(C)C. The van der Waals surface area contributed by atoms with Gasteiger partial charge in [0.2, 0.25) is 0 Å². The van der Waals surface area contributed by atoms with Gasteiger partial charge in [-0.15, -0.1) is 0 Å². The molecule has 4 heteroatoms. The van der Waals surface area contributed by atoms with E-state index in [1.54, 1.807) is 19.1 Å². The van der Waals surface area contributed by atoms with E-state index in [9.17, 15) is 19.8 Å². The standard InChI is InChI=1S/C16H26O4/c1-5-6-8-12-15(4,13(17)18)9-7-10-16(12,11(2)3)14(19)20/h7,9,11-12H,5-6,8,10H2,1-4H3,(H,17,18)(H,19,20). The lowest BCUT2D eigenvalue weighted by Crippen LogP contribution is -2.53. The molecular formula is C16H26O4. The van der Waals surface area contributed by atoms with Gasteiger partial charge >= 0.3 is 11.9 Å². The molecule has 0 heterocycles. The predicted molar refractivity (Wildman–Crippen MR) is 77.4 cm³/mol. The van der Waals surface area contributed by atoms with Crippen molar-refractivity contribution in [2.45, 2.75) is 53.4 Å². The van der Waals surface area contributed by atoms with E-state index < -0.39 is 22.8 Å². The summed E-state index contributed by atoms with van der Waals surface area (Å²) < 4.78 is 0. The lowest BCUT2D eigenvalue weighted by Gasteiger charge is -2.49. The van der Waals surface area contributed by atoms with E-state index in [0.717, 1.165) is 12.8 Å². The van der Waals surface area contributed by atoms with E-state index in [1.165, 1.54) is 0 Å². The lowest BCUT2D eigenvalue weighted by molar-refractivity contribution is -0.168. The fraction of sp³-hybridized carbons (Fsp3) is 0.750. The molecule has 3 atom stereocenters. The Morgan fingerprint density at radius 2 is 1.90 bits per heavy atom. The van der Waals surface area contributed by atoms with Gasteiger partial charge in [0.05, 0.1) is 10.8 Å². The van der Waals surface area contributed by atoms with Crippen molar-refractivity contribution in [2.75, 3.05) is 0 Å².